The van der Waals surface area contributed by atoms with E-state index < -0.39 is 6.23 Å². The summed E-state index contributed by atoms with van der Waals surface area (Å²) >= 11 is 0. The lowest BCUT2D eigenvalue weighted by molar-refractivity contribution is 0.111. The Morgan fingerprint density at radius 1 is 1.65 bits per heavy atom. The quantitative estimate of drug-likeness (QED) is 0.564. The molecule has 0 bridgehead atoms. The van der Waals surface area contributed by atoms with Gasteiger partial charge in [0.15, 0.2) is 12.2 Å². The van der Waals surface area contributed by atoms with E-state index >= 15 is 0 Å². The number of aliphatic hydroxyl groups excluding tert-OH is 2. The average Bonchev–Trinajstić information content (AvgIpc) is 2.94. The summed E-state index contributed by atoms with van der Waals surface area (Å²) in [6, 6.07) is 0. The number of rotatable bonds is 5. The van der Waals surface area contributed by atoms with E-state index in [2.05, 4.69) is 15.3 Å². The molecular formula is C12H19N5O3. The number of anilines is 1. The Balaban J connectivity index is 1.83. The van der Waals surface area contributed by atoms with Gasteiger partial charge in [-0.2, -0.15) is 0 Å². The summed E-state index contributed by atoms with van der Waals surface area (Å²) in [5, 5.41) is 22.1. The molecule has 0 saturated heterocycles. The molecule has 5 N–H and O–H groups in total. The zero-order valence-electron chi connectivity index (χ0n) is 11.3. The maximum Gasteiger partial charge on any atom is 0.197 e. The van der Waals surface area contributed by atoms with Crippen molar-refractivity contribution in [2.75, 3.05) is 25.6 Å². The first kappa shape index (κ1) is 13.3. The summed E-state index contributed by atoms with van der Waals surface area (Å²) in [5.74, 6) is 1.06. The molecule has 1 unspecified atom stereocenters. The minimum Gasteiger partial charge on any atom is -0.396 e. The molecule has 1 aromatic rings. The monoisotopic (exact) mass is 281 g/mol. The molecule has 2 aliphatic rings. The van der Waals surface area contributed by atoms with E-state index in [0.29, 0.717) is 24.7 Å². The largest absolute Gasteiger partial charge is 0.396 e. The molecule has 110 valence electrons. The Kier molecular flexibility index (Phi) is 3.15. The van der Waals surface area contributed by atoms with Crippen molar-refractivity contribution in [3.63, 3.8) is 0 Å². The molecule has 1 aliphatic carbocycles. The van der Waals surface area contributed by atoms with Gasteiger partial charge in [-0.3, -0.25) is 0 Å². The van der Waals surface area contributed by atoms with Crippen molar-refractivity contribution in [3.05, 3.63) is 12.0 Å². The van der Waals surface area contributed by atoms with Crippen LogP contribution in [0, 0.1) is 11.3 Å². The van der Waals surface area contributed by atoms with Crippen molar-refractivity contribution in [3.8, 4) is 0 Å². The van der Waals surface area contributed by atoms with E-state index in [1.165, 1.54) is 0 Å². The van der Waals surface area contributed by atoms with E-state index in [1.807, 2.05) is 4.57 Å². The summed E-state index contributed by atoms with van der Waals surface area (Å²) in [4.78, 5) is 7.99. The maximum absolute atomic E-state index is 9.81. The van der Waals surface area contributed by atoms with Gasteiger partial charge >= 0.3 is 0 Å². The second-order valence-corrected chi connectivity index (χ2v) is 5.50. The Morgan fingerprint density at radius 2 is 2.45 bits per heavy atom. The zero-order valence-corrected chi connectivity index (χ0v) is 11.3. The topological polar surface area (TPSA) is 118 Å². The van der Waals surface area contributed by atoms with Crippen molar-refractivity contribution >= 4 is 11.8 Å². The Bertz CT molecular complexity index is 543. The van der Waals surface area contributed by atoms with Gasteiger partial charge in [0.25, 0.3) is 0 Å². The van der Waals surface area contributed by atoms with Crippen LogP contribution in [0.1, 0.15) is 18.3 Å². The minimum atomic E-state index is -1.03. The molecule has 0 amide bonds. The van der Waals surface area contributed by atoms with Crippen molar-refractivity contribution < 1.29 is 14.9 Å². The number of nitrogens with two attached hydrogens (primary N) is 1. The predicted octanol–water partition coefficient (Wildman–Crippen LogP) is -0.741. The normalized spacial score (nSPS) is 31.4. The third-order valence-corrected chi connectivity index (χ3v) is 4.11. The van der Waals surface area contributed by atoms with Gasteiger partial charge in [0.2, 0.25) is 0 Å². The number of aliphatic imine (C=N–C) groups is 1. The highest BCUT2D eigenvalue weighted by atomic mass is 16.5. The van der Waals surface area contributed by atoms with Crippen molar-refractivity contribution in [2.24, 2.45) is 22.1 Å². The highest BCUT2D eigenvalue weighted by molar-refractivity contribution is 5.93. The van der Waals surface area contributed by atoms with Crippen LogP contribution in [-0.2, 0) is 11.3 Å². The standard InChI is InChI=1S/C12H19N5O3/c1-20-5-12(2-7(12)3-18)4-17-6-14-8-9(17)15-11(13)16-10(8)19/h6-7,10,18-19H,2-5H2,1H3,(H3,13,15,16)/t7-,10?,12-/m0/s1. The Hall–Kier alpha value is -1.64. The van der Waals surface area contributed by atoms with Crippen molar-refractivity contribution in [2.45, 2.75) is 19.2 Å². The van der Waals surface area contributed by atoms with Crippen molar-refractivity contribution in [1.29, 1.82) is 0 Å². The van der Waals surface area contributed by atoms with Gasteiger partial charge < -0.3 is 30.6 Å². The van der Waals surface area contributed by atoms with Gasteiger partial charge in [-0.1, -0.05) is 0 Å². The van der Waals surface area contributed by atoms with Crippen LogP contribution in [0.15, 0.2) is 11.3 Å². The van der Waals surface area contributed by atoms with E-state index in [-0.39, 0.29) is 23.9 Å². The molecule has 2 heterocycles. The number of hydrogen-bond donors (Lipinski definition) is 4. The van der Waals surface area contributed by atoms with Gasteiger partial charge in [0.1, 0.15) is 11.5 Å². The van der Waals surface area contributed by atoms with Crippen LogP contribution in [0.4, 0.5) is 5.82 Å². The molecule has 8 nitrogen and oxygen atoms in total. The van der Waals surface area contributed by atoms with E-state index in [4.69, 9.17) is 10.5 Å². The average molecular weight is 281 g/mol. The first-order chi connectivity index (χ1) is 9.59. The Labute approximate surface area is 116 Å². The lowest BCUT2D eigenvalue weighted by Crippen LogP contribution is -2.30. The highest BCUT2D eigenvalue weighted by Gasteiger charge is 2.54. The lowest BCUT2D eigenvalue weighted by Gasteiger charge is -2.21. The fraction of sp³-hybridized carbons (Fsp3) is 0.667. The first-order valence-electron chi connectivity index (χ1n) is 6.53. The molecule has 0 aromatic carbocycles. The third kappa shape index (κ3) is 2.05. The summed E-state index contributed by atoms with van der Waals surface area (Å²) in [6.07, 6.45) is 1.54. The van der Waals surface area contributed by atoms with Gasteiger partial charge in [0.05, 0.1) is 12.9 Å². The smallest absolute Gasteiger partial charge is 0.197 e. The van der Waals surface area contributed by atoms with Gasteiger partial charge in [-0.25, -0.2) is 9.98 Å². The minimum absolute atomic E-state index is 0.0754. The fourth-order valence-corrected chi connectivity index (χ4v) is 2.92. The molecule has 1 aliphatic heterocycles. The van der Waals surface area contributed by atoms with Crippen LogP contribution in [0.2, 0.25) is 0 Å². The number of nitrogens with one attached hydrogen (secondary N) is 1. The summed E-state index contributed by atoms with van der Waals surface area (Å²) in [7, 11) is 1.66. The van der Waals surface area contributed by atoms with Gasteiger partial charge in [-0.05, 0) is 12.3 Å². The van der Waals surface area contributed by atoms with Gasteiger partial charge in [-0.15, -0.1) is 0 Å². The van der Waals surface area contributed by atoms with Crippen LogP contribution in [0.25, 0.3) is 0 Å². The number of aromatic nitrogens is 2. The zero-order chi connectivity index (χ0) is 14.3. The molecule has 0 radical (unpaired) electrons. The lowest BCUT2D eigenvalue weighted by atomic mass is 10.1. The predicted molar refractivity (Wildman–Crippen MR) is 71.9 cm³/mol. The van der Waals surface area contributed by atoms with Crippen molar-refractivity contribution in [1.82, 2.24) is 9.55 Å². The number of fused-ring (bicyclic) bond motifs is 1. The first-order valence-corrected chi connectivity index (χ1v) is 6.53. The maximum atomic E-state index is 9.81. The van der Waals surface area contributed by atoms with E-state index in [9.17, 15) is 10.2 Å². The third-order valence-electron chi connectivity index (χ3n) is 4.11. The number of ether oxygens (including phenoxy) is 1. The number of imidazole rings is 1. The summed E-state index contributed by atoms with van der Waals surface area (Å²) < 4.78 is 7.17. The highest BCUT2D eigenvalue weighted by Crippen LogP contribution is 2.54. The van der Waals surface area contributed by atoms with Crippen LogP contribution in [0.3, 0.4) is 0 Å². The molecular weight excluding hydrogens is 262 g/mol. The molecule has 3 atom stereocenters. The molecule has 1 saturated carbocycles. The van der Waals surface area contributed by atoms with E-state index in [1.54, 1.807) is 13.4 Å². The Morgan fingerprint density at radius 3 is 3.10 bits per heavy atom. The number of guanidine groups is 1. The molecule has 0 spiro atoms. The number of aliphatic hydroxyl groups is 2. The number of methoxy groups -OCH3 is 1. The second kappa shape index (κ2) is 4.72. The summed E-state index contributed by atoms with van der Waals surface area (Å²) in [5.41, 5.74) is 6.02. The SMILES string of the molecule is COC[C@@]1(Cn2cnc3c2NC(N)=NC3O)C[C@H]1CO. The molecule has 20 heavy (non-hydrogen) atoms. The fourth-order valence-electron chi connectivity index (χ4n) is 2.92. The van der Waals surface area contributed by atoms with E-state index in [0.717, 1.165) is 6.42 Å². The van der Waals surface area contributed by atoms with Gasteiger partial charge in [0, 0.05) is 25.7 Å². The van der Waals surface area contributed by atoms with Crippen LogP contribution in [0.5, 0.6) is 0 Å². The molecule has 1 fully saturated rings. The second-order valence-electron chi connectivity index (χ2n) is 5.50. The number of nitrogens with zero attached hydrogens (tertiary/aromatic N) is 3. The molecule has 3 rings (SSSR count). The van der Waals surface area contributed by atoms with Crippen LogP contribution < -0.4 is 11.1 Å². The molecule has 1 aromatic heterocycles. The molecule has 8 heteroatoms. The summed E-state index contributed by atoms with van der Waals surface area (Å²) in [6.45, 7) is 1.39. The van der Waals surface area contributed by atoms with Crippen LogP contribution >= 0.6 is 0 Å². The number of hydrogen-bond acceptors (Lipinski definition) is 7. The van der Waals surface area contributed by atoms with Crippen LogP contribution in [-0.4, -0.2) is 46.0 Å².